The maximum Gasteiger partial charge on any atom is 0.315 e. The summed E-state index contributed by atoms with van der Waals surface area (Å²) in [5.74, 6) is 0.783. The molecule has 100 valence electrons. The maximum atomic E-state index is 11.6. The second kappa shape index (κ2) is 9.30. The Kier molecular flexibility index (Phi) is 8.89. The molecule has 0 fully saturated rings. The molecule has 0 heterocycles. The van der Waals surface area contributed by atoms with Gasteiger partial charge in [0.2, 0.25) is 5.91 Å². The lowest BCUT2D eigenvalue weighted by atomic mass is 9.99. The first kappa shape index (κ1) is 16.2. The largest absolute Gasteiger partial charge is 0.468 e. The van der Waals surface area contributed by atoms with E-state index in [0.29, 0.717) is 18.1 Å². The van der Waals surface area contributed by atoms with Crippen LogP contribution in [0.15, 0.2) is 0 Å². The minimum atomic E-state index is -0.453. The lowest BCUT2D eigenvalue weighted by molar-refractivity contribution is -0.137. The third kappa shape index (κ3) is 7.23. The molecular formula is C11H22N2O3S. The molecule has 0 aliphatic carbocycles. The molecule has 0 saturated carbocycles. The van der Waals surface area contributed by atoms with Crippen molar-refractivity contribution in [3.05, 3.63) is 0 Å². The Morgan fingerprint density at radius 3 is 2.65 bits per heavy atom. The third-order valence-corrected chi connectivity index (χ3v) is 3.49. The standard InChI is InChI=1S/C11H22N2O3S/c1-4-8(2)10(12)11(15)13-5-6-17-7-9(14)16-3/h8,10H,4-7,12H2,1-3H3,(H,13,15). The average molecular weight is 262 g/mol. The van der Waals surface area contributed by atoms with Crippen LogP contribution in [0.25, 0.3) is 0 Å². The van der Waals surface area contributed by atoms with Gasteiger partial charge in [-0.15, -0.1) is 11.8 Å². The summed E-state index contributed by atoms with van der Waals surface area (Å²) < 4.78 is 4.49. The second-order valence-corrected chi connectivity index (χ2v) is 4.94. The van der Waals surface area contributed by atoms with Crippen LogP contribution in [-0.4, -0.2) is 43.1 Å². The van der Waals surface area contributed by atoms with E-state index in [1.807, 2.05) is 13.8 Å². The van der Waals surface area contributed by atoms with Gasteiger partial charge in [0.05, 0.1) is 18.9 Å². The van der Waals surface area contributed by atoms with Gasteiger partial charge in [0, 0.05) is 12.3 Å². The zero-order chi connectivity index (χ0) is 13.3. The first-order valence-corrected chi connectivity index (χ1v) is 6.86. The minimum Gasteiger partial charge on any atom is -0.468 e. The molecule has 6 heteroatoms. The Hall–Kier alpha value is -0.750. The van der Waals surface area contributed by atoms with Crippen molar-refractivity contribution in [1.82, 2.24) is 5.32 Å². The number of nitrogens with one attached hydrogen (secondary N) is 1. The van der Waals surface area contributed by atoms with Gasteiger partial charge < -0.3 is 15.8 Å². The fourth-order valence-corrected chi connectivity index (χ4v) is 1.77. The summed E-state index contributed by atoms with van der Waals surface area (Å²) in [5, 5.41) is 2.75. The quantitative estimate of drug-likeness (QED) is 0.488. The predicted molar refractivity (Wildman–Crippen MR) is 69.8 cm³/mol. The van der Waals surface area contributed by atoms with Crippen LogP contribution in [0.2, 0.25) is 0 Å². The van der Waals surface area contributed by atoms with Crippen LogP contribution in [0.4, 0.5) is 0 Å². The van der Waals surface area contributed by atoms with Crippen molar-refractivity contribution >= 4 is 23.6 Å². The van der Waals surface area contributed by atoms with Crippen molar-refractivity contribution in [2.75, 3.05) is 25.2 Å². The lowest BCUT2D eigenvalue weighted by Crippen LogP contribution is -2.45. The summed E-state index contributed by atoms with van der Waals surface area (Å²) in [7, 11) is 1.36. The first-order chi connectivity index (χ1) is 8.02. The zero-order valence-electron chi connectivity index (χ0n) is 10.7. The molecule has 0 bridgehead atoms. The number of ether oxygens (including phenoxy) is 1. The normalized spacial score (nSPS) is 13.9. The number of carbonyl (C=O) groups excluding carboxylic acids is 2. The van der Waals surface area contributed by atoms with E-state index in [4.69, 9.17) is 5.73 Å². The first-order valence-electron chi connectivity index (χ1n) is 5.70. The van der Waals surface area contributed by atoms with Crippen molar-refractivity contribution in [1.29, 1.82) is 0 Å². The molecule has 1 amide bonds. The van der Waals surface area contributed by atoms with Crippen LogP contribution in [0.5, 0.6) is 0 Å². The van der Waals surface area contributed by atoms with Gasteiger partial charge in [0.25, 0.3) is 0 Å². The molecule has 0 aromatic rings. The fraction of sp³-hybridized carbons (Fsp3) is 0.818. The van der Waals surface area contributed by atoms with Crippen LogP contribution < -0.4 is 11.1 Å². The monoisotopic (exact) mass is 262 g/mol. The summed E-state index contributed by atoms with van der Waals surface area (Å²) in [6, 6.07) is -0.453. The Morgan fingerprint density at radius 1 is 1.47 bits per heavy atom. The number of nitrogens with two attached hydrogens (primary N) is 1. The van der Waals surface area contributed by atoms with Crippen LogP contribution >= 0.6 is 11.8 Å². The molecule has 0 aromatic heterocycles. The van der Waals surface area contributed by atoms with E-state index in [0.717, 1.165) is 6.42 Å². The van der Waals surface area contributed by atoms with Crippen molar-refractivity contribution in [2.24, 2.45) is 11.7 Å². The van der Waals surface area contributed by atoms with E-state index in [1.54, 1.807) is 0 Å². The molecule has 17 heavy (non-hydrogen) atoms. The summed E-state index contributed by atoms with van der Waals surface area (Å²) >= 11 is 1.42. The molecule has 0 spiro atoms. The summed E-state index contributed by atoms with van der Waals surface area (Å²) in [4.78, 5) is 22.4. The molecule has 0 rings (SSSR count). The van der Waals surface area contributed by atoms with Crippen LogP contribution in [0.3, 0.4) is 0 Å². The van der Waals surface area contributed by atoms with Gasteiger partial charge in [-0.1, -0.05) is 20.3 Å². The van der Waals surface area contributed by atoms with Gasteiger partial charge in [-0.2, -0.15) is 0 Å². The van der Waals surface area contributed by atoms with Crippen molar-refractivity contribution < 1.29 is 14.3 Å². The van der Waals surface area contributed by atoms with Gasteiger partial charge in [-0.3, -0.25) is 9.59 Å². The summed E-state index contributed by atoms with van der Waals surface area (Å²) in [5.41, 5.74) is 5.76. The number of carbonyl (C=O) groups is 2. The smallest absolute Gasteiger partial charge is 0.315 e. The molecule has 0 saturated heterocycles. The highest BCUT2D eigenvalue weighted by molar-refractivity contribution is 7.99. The van der Waals surface area contributed by atoms with E-state index in [2.05, 4.69) is 10.1 Å². The molecule has 3 N–H and O–H groups in total. The van der Waals surface area contributed by atoms with Gasteiger partial charge in [-0.25, -0.2) is 0 Å². The highest BCUT2D eigenvalue weighted by Crippen LogP contribution is 2.05. The fourth-order valence-electron chi connectivity index (χ4n) is 1.09. The number of esters is 1. The van der Waals surface area contributed by atoms with E-state index in [1.165, 1.54) is 18.9 Å². The summed E-state index contributed by atoms with van der Waals surface area (Å²) in [6.45, 7) is 4.48. The molecular weight excluding hydrogens is 240 g/mol. The predicted octanol–water partition coefficient (Wildman–Crippen LogP) is 0.382. The van der Waals surface area contributed by atoms with E-state index >= 15 is 0 Å². The topological polar surface area (TPSA) is 81.4 Å². The van der Waals surface area contributed by atoms with Crippen molar-refractivity contribution in [3.8, 4) is 0 Å². The van der Waals surface area contributed by atoms with Crippen molar-refractivity contribution in [3.63, 3.8) is 0 Å². The maximum absolute atomic E-state index is 11.6. The van der Waals surface area contributed by atoms with Gasteiger partial charge in [0.15, 0.2) is 0 Å². The summed E-state index contributed by atoms with van der Waals surface area (Å²) in [6.07, 6.45) is 0.881. The number of methoxy groups -OCH3 is 1. The Labute approximate surface area is 107 Å². The number of hydrogen-bond acceptors (Lipinski definition) is 5. The number of amides is 1. The molecule has 2 unspecified atom stereocenters. The van der Waals surface area contributed by atoms with Crippen molar-refractivity contribution in [2.45, 2.75) is 26.3 Å². The molecule has 5 nitrogen and oxygen atoms in total. The molecule has 0 aliphatic heterocycles. The van der Waals surface area contributed by atoms with Crippen LogP contribution in [0, 0.1) is 5.92 Å². The van der Waals surface area contributed by atoms with E-state index in [-0.39, 0.29) is 17.8 Å². The van der Waals surface area contributed by atoms with Crippen LogP contribution in [0.1, 0.15) is 20.3 Å². The molecule has 2 atom stereocenters. The van der Waals surface area contributed by atoms with E-state index < -0.39 is 6.04 Å². The van der Waals surface area contributed by atoms with Gasteiger partial charge in [0.1, 0.15) is 0 Å². The Balaban J connectivity index is 3.61. The zero-order valence-corrected chi connectivity index (χ0v) is 11.5. The third-order valence-electron chi connectivity index (χ3n) is 2.55. The van der Waals surface area contributed by atoms with Gasteiger partial charge in [-0.05, 0) is 5.92 Å². The Bertz CT molecular complexity index is 249. The number of rotatable bonds is 8. The Morgan fingerprint density at radius 2 is 2.12 bits per heavy atom. The van der Waals surface area contributed by atoms with E-state index in [9.17, 15) is 9.59 Å². The van der Waals surface area contributed by atoms with Gasteiger partial charge >= 0.3 is 5.97 Å². The highest BCUT2D eigenvalue weighted by Gasteiger charge is 2.18. The second-order valence-electron chi connectivity index (χ2n) is 3.83. The SMILES string of the molecule is CCC(C)C(N)C(=O)NCCSCC(=O)OC. The molecule has 0 aromatic carbocycles. The average Bonchev–Trinajstić information content (AvgIpc) is 2.35. The minimum absolute atomic E-state index is 0.127. The van der Waals surface area contributed by atoms with Crippen LogP contribution in [-0.2, 0) is 14.3 Å². The molecule has 0 radical (unpaired) electrons. The number of thioether (sulfide) groups is 1. The molecule has 0 aliphatic rings. The highest BCUT2D eigenvalue weighted by atomic mass is 32.2. The number of hydrogen-bond donors (Lipinski definition) is 2. The lowest BCUT2D eigenvalue weighted by Gasteiger charge is -2.17.